The first-order chi connectivity index (χ1) is 18.2. The summed E-state index contributed by atoms with van der Waals surface area (Å²) in [6.07, 6.45) is 0. The van der Waals surface area contributed by atoms with Gasteiger partial charge in [-0.1, -0.05) is 12.1 Å². The van der Waals surface area contributed by atoms with Crippen molar-refractivity contribution in [1.82, 2.24) is 0 Å². The first-order valence-corrected chi connectivity index (χ1v) is 13.9. The van der Waals surface area contributed by atoms with Crippen LogP contribution < -0.4 is 23.9 Å². The van der Waals surface area contributed by atoms with Crippen LogP contribution in [-0.2, 0) is 21.5 Å². The number of methoxy groups -OCH3 is 1. The molecule has 4 rings (SSSR count). The first kappa shape index (κ1) is 28.2. The Hall–Kier alpha value is -3.79. The highest BCUT2D eigenvalue weighted by molar-refractivity contribution is 7.87. The molecular weight excluding hydrogens is 523 g/mol. The topological polar surface area (TPSA) is 94.2 Å². The minimum atomic E-state index is -3.80. The van der Waals surface area contributed by atoms with Crippen LogP contribution in [0.25, 0.3) is 11.1 Å². The van der Waals surface area contributed by atoms with Crippen LogP contribution in [0.4, 0.5) is 15.8 Å². The molecule has 8 nitrogen and oxygen atoms in total. The van der Waals surface area contributed by atoms with Crippen molar-refractivity contribution < 1.29 is 31.3 Å². The van der Waals surface area contributed by atoms with E-state index in [4.69, 9.17) is 13.7 Å². The van der Waals surface area contributed by atoms with E-state index in [1.165, 1.54) is 39.2 Å². The van der Waals surface area contributed by atoms with E-state index in [1.807, 2.05) is 32.9 Å². The van der Waals surface area contributed by atoms with E-state index >= 15 is 0 Å². The number of nitrogens with one attached hydrogen (secondary N) is 1. The molecule has 1 N–H and O–H groups in total. The van der Waals surface area contributed by atoms with Gasteiger partial charge in [-0.2, -0.15) is 8.42 Å². The number of benzene rings is 3. The van der Waals surface area contributed by atoms with Gasteiger partial charge in [-0.05, 0) is 70.0 Å². The van der Waals surface area contributed by atoms with Crippen molar-refractivity contribution >= 4 is 27.4 Å². The summed E-state index contributed by atoms with van der Waals surface area (Å²) in [5.74, 6) is 0.310. The highest BCUT2D eigenvalue weighted by atomic mass is 32.2. The number of anilines is 2. The maximum Gasteiger partial charge on any atom is 0.311 e. The molecular formula is C29H33FN2O6S. The molecule has 1 heterocycles. The van der Waals surface area contributed by atoms with Gasteiger partial charge in [0.25, 0.3) is 5.91 Å². The SMILES string of the molecule is COc1cc(OS(=O)(=O)C(C)C)ccc1-c1ccc2c(c1COc1cc(F)ccc1C)N(C)C(=O)C(C)(C)N2. The van der Waals surface area contributed by atoms with Gasteiger partial charge in [0.05, 0.1) is 23.7 Å². The molecule has 0 radical (unpaired) electrons. The van der Waals surface area contributed by atoms with Crippen LogP contribution in [0.3, 0.4) is 0 Å². The molecule has 0 bridgehead atoms. The number of rotatable bonds is 8. The molecule has 0 aliphatic carbocycles. The summed E-state index contributed by atoms with van der Waals surface area (Å²) in [7, 11) is -0.624. The lowest BCUT2D eigenvalue weighted by atomic mass is 9.91. The highest BCUT2D eigenvalue weighted by Gasteiger charge is 2.38. The van der Waals surface area contributed by atoms with Gasteiger partial charge in [0.2, 0.25) is 0 Å². The van der Waals surface area contributed by atoms with Crippen molar-refractivity contribution in [2.45, 2.75) is 52.0 Å². The number of ether oxygens (including phenoxy) is 2. The lowest BCUT2D eigenvalue weighted by Gasteiger charge is -2.39. The normalized spacial score (nSPS) is 14.6. The molecule has 0 aromatic heterocycles. The molecule has 39 heavy (non-hydrogen) atoms. The van der Waals surface area contributed by atoms with Gasteiger partial charge in [-0.15, -0.1) is 0 Å². The summed E-state index contributed by atoms with van der Waals surface area (Å²) < 4.78 is 55.6. The molecule has 3 aromatic rings. The van der Waals surface area contributed by atoms with Crippen molar-refractivity contribution in [3.63, 3.8) is 0 Å². The fraction of sp³-hybridized carbons (Fsp3) is 0.345. The van der Waals surface area contributed by atoms with Crippen LogP contribution in [0.1, 0.15) is 38.8 Å². The number of likely N-dealkylation sites (N-methyl/N-ethyl adjacent to an activating group) is 1. The lowest BCUT2D eigenvalue weighted by molar-refractivity contribution is -0.121. The predicted molar refractivity (Wildman–Crippen MR) is 150 cm³/mol. The van der Waals surface area contributed by atoms with Crippen LogP contribution in [0.15, 0.2) is 48.5 Å². The van der Waals surface area contributed by atoms with Gasteiger partial charge < -0.3 is 23.9 Å². The van der Waals surface area contributed by atoms with E-state index in [0.717, 1.165) is 11.3 Å². The second-order valence-electron chi connectivity index (χ2n) is 10.3. The average molecular weight is 557 g/mol. The molecule has 3 aromatic carbocycles. The summed E-state index contributed by atoms with van der Waals surface area (Å²) in [5, 5.41) is 2.58. The molecule has 1 aliphatic rings. The number of aryl methyl sites for hydroxylation is 1. The third kappa shape index (κ3) is 5.52. The van der Waals surface area contributed by atoms with E-state index in [2.05, 4.69) is 5.32 Å². The van der Waals surface area contributed by atoms with Gasteiger partial charge in [0.1, 0.15) is 35.2 Å². The average Bonchev–Trinajstić information content (AvgIpc) is 2.87. The number of hydrogen-bond acceptors (Lipinski definition) is 7. The summed E-state index contributed by atoms with van der Waals surface area (Å²) in [5.41, 5.74) is 3.29. The van der Waals surface area contributed by atoms with E-state index < -0.39 is 26.7 Å². The van der Waals surface area contributed by atoms with Crippen LogP contribution >= 0.6 is 0 Å². The van der Waals surface area contributed by atoms with Gasteiger partial charge in [-0.3, -0.25) is 4.79 Å². The summed E-state index contributed by atoms with van der Waals surface area (Å²) in [6.45, 7) is 8.53. The molecule has 0 spiro atoms. The Bertz CT molecular complexity index is 1530. The predicted octanol–water partition coefficient (Wildman–Crippen LogP) is 5.67. The number of nitrogens with zero attached hydrogens (tertiary/aromatic N) is 1. The zero-order chi connectivity index (χ0) is 28.7. The number of carbonyl (C=O) groups is 1. The van der Waals surface area contributed by atoms with E-state index in [9.17, 15) is 17.6 Å². The second-order valence-corrected chi connectivity index (χ2v) is 12.4. The zero-order valence-electron chi connectivity index (χ0n) is 23.1. The number of carbonyl (C=O) groups excluding carboxylic acids is 1. The Morgan fingerprint density at radius 3 is 2.38 bits per heavy atom. The van der Waals surface area contributed by atoms with Crippen LogP contribution in [0.5, 0.6) is 17.2 Å². The highest BCUT2D eigenvalue weighted by Crippen LogP contribution is 2.45. The number of amides is 1. The van der Waals surface area contributed by atoms with Crippen LogP contribution in [0.2, 0.25) is 0 Å². The molecule has 0 saturated carbocycles. The first-order valence-electron chi connectivity index (χ1n) is 12.5. The fourth-order valence-electron chi connectivity index (χ4n) is 4.49. The molecule has 0 atom stereocenters. The smallest absolute Gasteiger partial charge is 0.311 e. The van der Waals surface area contributed by atoms with Gasteiger partial charge in [-0.25, -0.2) is 4.39 Å². The van der Waals surface area contributed by atoms with Crippen molar-refractivity contribution in [2.24, 2.45) is 0 Å². The Morgan fingerprint density at radius 2 is 1.72 bits per heavy atom. The lowest BCUT2D eigenvalue weighted by Crippen LogP contribution is -2.52. The molecule has 0 unspecified atom stereocenters. The second kappa shape index (κ2) is 10.4. The van der Waals surface area contributed by atoms with E-state index in [0.29, 0.717) is 33.9 Å². The Kier molecular flexibility index (Phi) is 7.53. The van der Waals surface area contributed by atoms with Crippen molar-refractivity contribution in [2.75, 3.05) is 24.4 Å². The Labute approximate surface area is 228 Å². The van der Waals surface area contributed by atoms with Crippen molar-refractivity contribution in [1.29, 1.82) is 0 Å². The number of hydrogen-bond donors (Lipinski definition) is 1. The maximum absolute atomic E-state index is 14.0. The summed E-state index contributed by atoms with van der Waals surface area (Å²) in [4.78, 5) is 14.8. The zero-order valence-corrected chi connectivity index (χ0v) is 23.9. The van der Waals surface area contributed by atoms with E-state index in [1.54, 1.807) is 30.1 Å². The van der Waals surface area contributed by atoms with Gasteiger partial charge in [0, 0.05) is 30.3 Å². The third-order valence-corrected chi connectivity index (χ3v) is 8.26. The monoisotopic (exact) mass is 556 g/mol. The van der Waals surface area contributed by atoms with Crippen LogP contribution in [0, 0.1) is 12.7 Å². The molecule has 1 aliphatic heterocycles. The maximum atomic E-state index is 14.0. The number of halogens is 1. The fourth-order valence-corrected chi connectivity index (χ4v) is 5.05. The van der Waals surface area contributed by atoms with Crippen molar-refractivity contribution in [3.8, 4) is 28.4 Å². The van der Waals surface area contributed by atoms with Crippen molar-refractivity contribution in [3.05, 3.63) is 65.5 Å². The minimum absolute atomic E-state index is 0.0195. The molecule has 0 fully saturated rings. The van der Waals surface area contributed by atoms with Crippen LogP contribution in [-0.4, -0.2) is 39.3 Å². The van der Waals surface area contributed by atoms with Gasteiger partial charge in [0.15, 0.2) is 0 Å². The Morgan fingerprint density at radius 1 is 1.03 bits per heavy atom. The minimum Gasteiger partial charge on any atom is -0.496 e. The number of fused-ring (bicyclic) bond motifs is 1. The summed E-state index contributed by atoms with van der Waals surface area (Å²) >= 11 is 0. The molecule has 1 amide bonds. The Balaban J connectivity index is 1.86. The largest absolute Gasteiger partial charge is 0.496 e. The molecule has 0 saturated heterocycles. The molecule has 10 heteroatoms. The molecule has 208 valence electrons. The quantitative estimate of drug-likeness (QED) is 0.357. The van der Waals surface area contributed by atoms with Gasteiger partial charge >= 0.3 is 10.1 Å². The summed E-state index contributed by atoms with van der Waals surface area (Å²) in [6, 6.07) is 12.8. The third-order valence-electron chi connectivity index (χ3n) is 6.68. The van der Waals surface area contributed by atoms with E-state index in [-0.39, 0.29) is 18.3 Å². The standard InChI is InChI=1S/C29H33FN2O6S/c1-17(2)39(34,35)38-20-10-11-22(26(15-20)36-7)21-12-13-24-27(32(6)28(33)29(4,5)31-24)23(21)16-37-25-14-19(30)9-8-18(25)3/h8-15,17,31H,16H2,1-7H3.